The molecule has 0 aliphatic carbocycles. The lowest BCUT2D eigenvalue weighted by atomic mass is 10.1. The van der Waals surface area contributed by atoms with Gasteiger partial charge in [0, 0.05) is 19.2 Å². The standard InChI is InChI=1S/C12H15NO2/c1-8(14)10-3-4-12-11(7-10)5-6-13(12)9(2)15/h3-4,7-8,14H,5-6H2,1-2H3. The minimum absolute atomic E-state index is 0.0820. The molecule has 0 saturated carbocycles. The molecule has 0 spiro atoms. The Morgan fingerprint density at radius 1 is 1.53 bits per heavy atom. The molecule has 1 unspecified atom stereocenters. The summed E-state index contributed by atoms with van der Waals surface area (Å²) in [6.45, 7) is 4.09. The van der Waals surface area contributed by atoms with Gasteiger partial charge in [-0.3, -0.25) is 4.79 Å². The molecule has 3 heteroatoms. The Labute approximate surface area is 89.3 Å². The van der Waals surface area contributed by atoms with E-state index in [1.54, 1.807) is 18.7 Å². The summed E-state index contributed by atoms with van der Waals surface area (Å²) in [6.07, 6.45) is 0.442. The van der Waals surface area contributed by atoms with Gasteiger partial charge in [-0.15, -0.1) is 0 Å². The van der Waals surface area contributed by atoms with Crippen LogP contribution in [0.1, 0.15) is 31.1 Å². The molecule has 1 N–H and O–H groups in total. The second-order valence-electron chi connectivity index (χ2n) is 3.98. The van der Waals surface area contributed by atoms with E-state index in [9.17, 15) is 9.90 Å². The average molecular weight is 205 g/mol. The first-order chi connectivity index (χ1) is 7.09. The van der Waals surface area contributed by atoms with Crippen molar-refractivity contribution in [3.8, 4) is 0 Å². The van der Waals surface area contributed by atoms with Gasteiger partial charge in [0.2, 0.25) is 5.91 Å². The first kappa shape index (κ1) is 10.2. The lowest BCUT2D eigenvalue weighted by molar-refractivity contribution is -0.116. The van der Waals surface area contributed by atoms with E-state index in [1.165, 1.54) is 0 Å². The molecule has 0 radical (unpaired) electrons. The summed E-state index contributed by atoms with van der Waals surface area (Å²) in [4.78, 5) is 13.1. The maximum absolute atomic E-state index is 11.3. The van der Waals surface area contributed by atoms with Crippen LogP contribution in [0.3, 0.4) is 0 Å². The fraction of sp³-hybridized carbons (Fsp3) is 0.417. The summed E-state index contributed by atoms with van der Waals surface area (Å²) < 4.78 is 0. The number of aliphatic hydroxyl groups is 1. The monoisotopic (exact) mass is 205 g/mol. The Hall–Kier alpha value is -1.35. The summed E-state index contributed by atoms with van der Waals surface area (Å²) in [5.74, 6) is 0.0820. The fourth-order valence-electron chi connectivity index (χ4n) is 2.01. The van der Waals surface area contributed by atoms with Gasteiger partial charge in [-0.2, -0.15) is 0 Å². The number of carbonyl (C=O) groups excluding carboxylic acids is 1. The minimum Gasteiger partial charge on any atom is -0.389 e. The third-order valence-corrected chi connectivity index (χ3v) is 2.86. The van der Waals surface area contributed by atoms with Gasteiger partial charge in [-0.25, -0.2) is 0 Å². The maximum atomic E-state index is 11.3. The van der Waals surface area contributed by atoms with Gasteiger partial charge < -0.3 is 10.0 Å². The molecule has 1 atom stereocenters. The van der Waals surface area contributed by atoms with Crippen LogP contribution in [0.25, 0.3) is 0 Å². The topological polar surface area (TPSA) is 40.5 Å². The highest BCUT2D eigenvalue weighted by molar-refractivity contribution is 5.93. The molecule has 1 aromatic rings. The van der Waals surface area contributed by atoms with Gasteiger partial charge >= 0.3 is 0 Å². The second kappa shape index (κ2) is 3.66. The highest BCUT2D eigenvalue weighted by atomic mass is 16.3. The van der Waals surface area contributed by atoms with Crippen LogP contribution in [0.4, 0.5) is 5.69 Å². The van der Waals surface area contributed by atoms with E-state index >= 15 is 0 Å². The van der Waals surface area contributed by atoms with E-state index in [1.807, 2.05) is 18.2 Å². The number of amides is 1. The fourth-order valence-corrected chi connectivity index (χ4v) is 2.01. The molecular weight excluding hydrogens is 190 g/mol. The molecule has 0 saturated heterocycles. The van der Waals surface area contributed by atoms with Crippen LogP contribution < -0.4 is 4.90 Å². The number of nitrogens with zero attached hydrogens (tertiary/aromatic N) is 1. The Kier molecular flexibility index (Phi) is 2.49. The highest BCUT2D eigenvalue weighted by Crippen LogP contribution is 2.30. The predicted molar refractivity (Wildman–Crippen MR) is 58.8 cm³/mol. The molecule has 15 heavy (non-hydrogen) atoms. The van der Waals surface area contributed by atoms with E-state index < -0.39 is 6.10 Å². The summed E-state index contributed by atoms with van der Waals surface area (Å²) >= 11 is 0. The number of anilines is 1. The molecule has 1 amide bonds. The average Bonchev–Trinajstić information content (AvgIpc) is 2.59. The lowest BCUT2D eigenvalue weighted by Crippen LogP contribution is -2.25. The second-order valence-corrected chi connectivity index (χ2v) is 3.98. The van der Waals surface area contributed by atoms with Crippen molar-refractivity contribution in [2.24, 2.45) is 0 Å². The van der Waals surface area contributed by atoms with E-state index in [-0.39, 0.29) is 5.91 Å². The van der Waals surface area contributed by atoms with Crippen LogP contribution in [-0.4, -0.2) is 17.6 Å². The SMILES string of the molecule is CC(=O)N1CCc2cc(C(C)O)ccc21. The zero-order chi connectivity index (χ0) is 11.0. The molecular formula is C12H15NO2. The Balaban J connectivity index is 2.37. The van der Waals surface area contributed by atoms with Crippen molar-refractivity contribution in [2.45, 2.75) is 26.4 Å². The number of hydrogen-bond donors (Lipinski definition) is 1. The van der Waals surface area contributed by atoms with Crippen LogP contribution in [0, 0.1) is 0 Å². The first-order valence-corrected chi connectivity index (χ1v) is 5.18. The molecule has 1 heterocycles. The first-order valence-electron chi connectivity index (χ1n) is 5.18. The quantitative estimate of drug-likeness (QED) is 0.757. The van der Waals surface area contributed by atoms with Crippen molar-refractivity contribution in [2.75, 3.05) is 11.4 Å². The van der Waals surface area contributed by atoms with Crippen molar-refractivity contribution in [3.63, 3.8) is 0 Å². The van der Waals surface area contributed by atoms with Gasteiger partial charge in [0.25, 0.3) is 0 Å². The smallest absolute Gasteiger partial charge is 0.223 e. The lowest BCUT2D eigenvalue weighted by Gasteiger charge is -2.15. The number of carbonyl (C=O) groups is 1. The summed E-state index contributed by atoms with van der Waals surface area (Å²) in [5.41, 5.74) is 3.06. The van der Waals surface area contributed by atoms with Crippen molar-refractivity contribution in [1.82, 2.24) is 0 Å². The Morgan fingerprint density at radius 3 is 2.87 bits per heavy atom. The number of rotatable bonds is 1. The molecule has 1 aliphatic heterocycles. The number of hydrogen-bond acceptors (Lipinski definition) is 2. The van der Waals surface area contributed by atoms with Gasteiger partial charge in [0.15, 0.2) is 0 Å². The van der Waals surface area contributed by atoms with Crippen LogP contribution in [-0.2, 0) is 11.2 Å². The summed E-state index contributed by atoms with van der Waals surface area (Å²) in [5, 5.41) is 9.45. The van der Waals surface area contributed by atoms with Crippen LogP contribution in [0.2, 0.25) is 0 Å². The van der Waals surface area contributed by atoms with Crippen LogP contribution >= 0.6 is 0 Å². The molecule has 0 aromatic heterocycles. The van der Waals surface area contributed by atoms with Crippen molar-refractivity contribution in [3.05, 3.63) is 29.3 Å². The molecule has 1 aromatic carbocycles. The molecule has 80 valence electrons. The minimum atomic E-state index is -0.443. The molecule has 0 bridgehead atoms. The normalized spacial score (nSPS) is 16.3. The zero-order valence-corrected chi connectivity index (χ0v) is 9.03. The third-order valence-electron chi connectivity index (χ3n) is 2.86. The number of benzene rings is 1. The predicted octanol–water partition coefficient (Wildman–Crippen LogP) is 1.65. The van der Waals surface area contributed by atoms with E-state index in [2.05, 4.69) is 0 Å². The van der Waals surface area contributed by atoms with E-state index in [0.717, 1.165) is 29.8 Å². The van der Waals surface area contributed by atoms with Crippen molar-refractivity contribution < 1.29 is 9.90 Å². The Morgan fingerprint density at radius 2 is 2.27 bits per heavy atom. The van der Waals surface area contributed by atoms with Gasteiger partial charge in [0.05, 0.1) is 6.10 Å². The molecule has 3 nitrogen and oxygen atoms in total. The Bertz CT molecular complexity index is 399. The number of aliphatic hydroxyl groups excluding tert-OH is 1. The van der Waals surface area contributed by atoms with Crippen molar-refractivity contribution >= 4 is 11.6 Å². The van der Waals surface area contributed by atoms with E-state index in [0.29, 0.717) is 0 Å². The van der Waals surface area contributed by atoms with E-state index in [4.69, 9.17) is 0 Å². The third kappa shape index (κ3) is 1.75. The van der Waals surface area contributed by atoms with Crippen LogP contribution in [0.5, 0.6) is 0 Å². The largest absolute Gasteiger partial charge is 0.389 e. The zero-order valence-electron chi connectivity index (χ0n) is 9.03. The van der Waals surface area contributed by atoms with Crippen molar-refractivity contribution in [1.29, 1.82) is 0 Å². The highest BCUT2D eigenvalue weighted by Gasteiger charge is 2.22. The maximum Gasteiger partial charge on any atom is 0.223 e. The van der Waals surface area contributed by atoms with Crippen LogP contribution in [0.15, 0.2) is 18.2 Å². The summed E-state index contributed by atoms with van der Waals surface area (Å²) in [7, 11) is 0. The summed E-state index contributed by atoms with van der Waals surface area (Å²) in [6, 6.07) is 5.79. The van der Waals surface area contributed by atoms with Gasteiger partial charge in [-0.1, -0.05) is 12.1 Å². The van der Waals surface area contributed by atoms with Gasteiger partial charge in [0.1, 0.15) is 0 Å². The molecule has 2 rings (SSSR count). The molecule has 1 aliphatic rings. The molecule has 0 fully saturated rings. The number of fused-ring (bicyclic) bond motifs is 1. The van der Waals surface area contributed by atoms with Gasteiger partial charge in [-0.05, 0) is 30.5 Å².